The molecule has 1 amide bonds. The van der Waals surface area contributed by atoms with Crippen molar-refractivity contribution in [3.63, 3.8) is 0 Å². The number of hydrogen-bond donors (Lipinski definition) is 1. The van der Waals surface area contributed by atoms with Crippen LogP contribution in [0.3, 0.4) is 0 Å². The average Bonchev–Trinajstić information content (AvgIpc) is 2.37. The molecule has 0 bridgehead atoms. The number of carbonyl (C=O) groups excluding carboxylic acids is 1. The van der Waals surface area contributed by atoms with Crippen LogP contribution >= 0.6 is 0 Å². The molecule has 1 N–H and O–H groups in total. The molecule has 1 aromatic carbocycles. The molecule has 0 unspecified atom stereocenters. The van der Waals surface area contributed by atoms with E-state index in [1.165, 1.54) is 0 Å². The maximum Gasteiger partial charge on any atom is 0.221 e. The molecular weight excluding hydrogens is 262 g/mol. The monoisotopic (exact) mass is 283 g/mol. The van der Waals surface area contributed by atoms with Crippen LogP contribution in [0.4, 0.5) is 0 Å². The zero-order valence-electron chi connectivity index (χ0n) is 11.4. The van der Waals surface area contributed by atoms with Crippen molar-refractivity contribution in [2.75, 3.05) is 12.3 Å². The van der Waals surface area contributed by atoms with Gasteiger partial charge in [0, 0.05) is 13.0 Å². The lowest BCUT2D eigenvalue weighted by atomic mass is 10.1. The van der Waals surface area contributed by atoms with E-state index < -0.39 is 9.84 Å². The van der Waals surface area contributed by atoms with Crippen LogP contribution in [0.5, 0.6) is 0 Å². The molecule has 4 nitrogen and oxygen atoms in total. The van der Waals surface area contributed by atoms with Crippen LogP contribution in [0.25, 0.3) is 0 Å². The Bertz CT molecular complexity index is 495. The highest BCUT2D eigenvalue weighted by molar-refractivity contribution is 7.91. The van der Waals surface area contributed by atoms with Crippen molar-refractivity contribution in [2.24, 2.45) is 5.92 Å². The van der Waals surface area contributed by atoms with Crippen molar-refractivity contribution in [3.05, 3.63) is 30.3 Å². The van der Waals surface area contributed by atoms with Crippen molar-refractivity contribution < 1.29 is 13.2 Å². The Morgan fingerprint density at radius 3 is 2.42 bits per heavy atom. The fourth-order valence-electron chi connectivity index (χ4n) is 1.56. The number of rotatable bonds is 7. The van der Waals surface area contributed by atoms with Crippen molar-refractivity contribution in [3.8, 4) is 0 Å². The predicted octanol–water partition coefficient (Wildman–Crippen LogP) is 2.01. The van der Waals surface area contributed by atoms with Gasteiger partial charge in [0.15, 0.2) is 9.84 Å². The molecule has 0 atom stereocenters. The molecule has 0 heterocycles. The summed E-state index contributed by atoms with van der Waals surface area (Å²) < 4.78 is 23.9. The van der Waals surface area contributed by atoms with E-state index in [9.17, 15) is 13.2 Å². The van der Waals surface area contributed by atoms with Crippen LogP contribution in [-0.4, -0.2) is 26.6 Å². The molecule has 5 heteroatoms. The van der Waals surface area contributed by atoms with Gasteiger partial charge in [-0.25, -0.2) is 8.42 Å². The van der Waals surface area contributed by atoms with Crippen LogP contribution in [0, 0.1) is 5.92 Å². The average molecular weight is 283 g/mol. The van der Waals surface area contributed by atoms with Crippen LogP contribution in [0.15, 0.2) is 35.2 Å². The third-order valence-corrected chi connectivity index (χ3v) is 4.48. The minimum Gasteiger partial charge on any atom is -0.356 e. The summed E-state index contributed by atoms with van der Waals surface area (Å²) in [5, 5.41) is 2.73. The molecule has 0 saturated heterocycles. The van der Waals surface area contributed by atoms with Crippen LogP contribution in [-0.2, 0) is 14.6 Å². The van der Waals surface area contributed by atoms with Gasteiger partial charge in [0.25, 0.3) is 0 Å². The molecular formula is C14H21NO3S. The van der Waals surface area contributed by atoms with E-state index in [1.807, 2.05) is 0 Å². The maximum absolute atomic E-state index is 11.9. The van der Waals surface area contributed by atoms with Crippen molar-refractivity contribution >= 4 is 15.7 Å². The zero-order chi connectivity index (χ0) is 14.3. The summed E-state index contributed by atoms with van der Waals surface area (Å²) in [5.74, 6) is 0.165. The first-order valence-electron chi connectivity index (χ1n) is 6.46. The van der Waals surface area contributed by atoms with Gasteiger partial charge in [-0.2, -0.15) is 0 Å². The Labute approximate surface area is 115 Å². The molecule has 0 spiro atoms. The van der Waals surface area contributed by atoms with Gasteiger partial charge in [0.2, 0.25) is 5.91 Å². The molecule has 106 valence electrons. The Morgan fingerprint density at radius 2 is 1.84 bits per heavy atom. The van der Waals surface area contributed by atoms with Gasteiger partial charge in [0.1, 0.15) is 0 Å². The molecule has 0 radical (unpaired) electrons. The van der Waals surface area contributed by atoms with Crippen molar-refractivity contribution in [2.45, 2.75) is 31.6 Å². The van der Waals surface area contributed by atoms with E-state index in [0.29, 0.717) is 12.5 Å². The fourth-order valence-corrected chi connectivity index (χ4v) is 2.82. The second-order valence-electron chi connectivity index (χ2n) is 4.91. The summed E-state index contributed by atoms with van der Waals surface area (Å²) in [6, 6.07) is 8.21. The number of hydrogen-bond acceptors (Lipinski definition) is 3. The highest BCUT2D eigenvalue weighted by Crippen LogP contribution is 2.10. The topological polar surface area (TPSA) is 63.2 Å². The predicted molar refractivity (Wildman–Crippen MR) is 75.6 cm³/mol. The lowest BCUT2D eigenvalue weighted by molar-refractivity contribution is -0.120. The van der Waals surface area contributed by atoms with E-state index in [1.54, 1.807) is 30.3 Å². The molecule has 1 aromatic rings. The lowest BCUT2D eigenvalue weighted by Crippen LogP contribution is -2.27. The van der Waals surface area contributed by atoms with E-state index in [4.69, 9.17) is 0 Å². The van der Waals surface area contributed by atoms with Gasteiger partial charge in [-0.15, -0.1) is 0 Å². The molecule has 0 fully saturated rings. The molecule has 0 aliphatic heterocycles. The molecule has 0 aliphatic rings. The Kier molecular flexibility index (Phi) is 6.02. The maximum atomic E-state index is 11.9. The number of nitrogens with one attached hydrogen (secondary N) is 1. The third-order valence-electron chi connectivity index (χ3n) is 2.74. The summed E-state index contributed by atoms with van der Waals surface area (Å²) in [6.45, 7) is 4.75. The molecule has 0 aliphatic carbocycles. The van der Waals surface area contributed by atoms with Gasteiger partial charge in [-0.1, -0.05) is 32.0 Å². The van der Waals surface area contributed by atoms with Gasteiger partial charge >= 0.3 is 0 Å². The first-order valence-corrected chi connectivity index (χ1v) is 8.11. The van der Waals surface area contributed by atoms with Gasteiger partial charge < -0.3 is 5.32 Å². The molecule has 0 saturated carbocycles. The van der Waals surface area contributed by atoms with Crippen molar-refractivity contribution in [1.82, 2.24) is 5.32 Å². The van der Waals surface area contributed by atoms with Crippen LogP contribution in [0.2, 0.25) is 0 Å². The van der Waals surface area contributed by atoms with Crippen LogP contribution in [0.1, 0.15) is 26.7 Å². The molecule has 1 rings (SSSR count). The van der Waals surface area contributed by atoms with Gasteiger partial charge in [0.05, 0.1) is 10.6 Å². The minimum absolute atomic E-state index is 0.00925. The first-order chi connectivity index (χ1) is 8.92. The van der Waals surface area contributed by atoms with E-state index in [2.05, 4.69) is 19.2 Å². The quantitative estimate of drug-likeness (QED) is 0.832. The van der Waals surface area contributed by atoms with E-state index in [-0.39, 0.29) is 23.0 Å². The second kappa shape index (κ2) is 7.28. The van der Waals surface area contributed by atoms with E-state index >= 15 is 0 Å². The summed E-state index contributed by atoms with van der Waals surface area (Å²) in [4.78, 5) is 11.8. The van der Waals surface area contributed by atoms with Crippen LogP contribution < -0.4 is 5.32 Å². The molecule has 19 heavy (non-hydrogen) atoms. The third kappa shape index (κ3) is 5.87. The van der Waals surface area contributed by atoms with E-state index in [0.717, 1.165) is 6.42 Å². The van der Waals surface area contributed by atoms with Gasteiger partial charge in [-0.3, -0.25) is 4.79 Å². The summed E-state index contributed by atoms with van der Waals surface area (Å²) in [5.41, 5.74) is 0. The SMILES string of the molecule is CC(C)CCNC(=O)CCS(=O)(=O)c1ccccc1. The molecule has 0 aromatic heterocycles. The Morgan fingerprint density at radius 1 is 1.21 bits per heavy atom. The largest absolute Gasteiger partial charge is 0.356 e. The Balaban J connectivity index is 2.42. The Hall–Kier alpha value is -1.36. The number of carbonyl (C=O) groups is 1. The summed E-state index contributed by atoms with van der Waals surface area (Å²) >= 11 is 0. The smallest absolute Gasteiger partial charge is 0.221 e. The highest BCUT2D eigenvalue weighted by atomic mass is 32.2. The summed E-state index contributed by atoms with van der Waals surface area (Å²) in [7, 11) is -3.36. The zero-order valence-corrected chi connectivity index (χ0v) is 12.2. The van der Waals surface area contributed by atoms with Crippen molar-refractivity contribution in [1.29, 1.82) is 0 Å². The summed E-state index contributed by atoms with van der Waals surface area (Å²) in [6.07, 6.45) is 0.909. The first kappa shape index (κ1) is 15.7. The fraction of sp³-hybridized carbons (Fsp3) is 0.500. The minimum atomic E-state index is -3.36. The highest BCUT2D eigenvalue weighted by Gasteiger charge is 2.15. The normalized spacial score (nSPS) is 11.5. The number of amides is 1. The standard InChI is InChI=1S/C14H21NO3S/c1-12(2)8-10-15-14(16)9-11-19(17,18)13-6-4-3-5-7-13/h3-7,12H,8-11H2,1-2H3,(H,15,16). The second-order valence-corrected chi connectivity index (χ2v) is 7.02. The lowest BCUT2D eigenvalue weighted by Gasteiger charge is -2.07. The van der Waals surface area contributed by atoms with Gasteiger partial charge in [-0.05, 0) is 24.5 Å². The number of benzene rings is 1. The number of sulfone groups is 1.